The van der Waals surface area contributed by atoms with Crippen LogP contribution in [0.1, 0.15) is 30.4 Å². The van der Waals surface area contributed by atoms with Gasteiger partial charge >= 0.3 is 0 Å². The second-order valence-electron chi connectivity index (χ2n) is 7.48. The zero-order valence-electron chi connectivity index (χ0n) is 16.5. The monoisotopic (exact) mass is 399 g/mol. The van der Waals surface area contributed by atoms with Gasteiger partial charge in [-0.2, -0.15) is 11.3 Å². The Bertz CT molecular complexity index is 740. The number of thiophene rings is 1. The third kappa shape index (κ3) is 6.46. The van der Waals surface area contributed by atoms with Gasteiger partial charge in [-0.1, -0.05) is 30.3 Å². The van der Waals surface area contributed by atoms with Gasteiger partial charge in [-0.3, -0.25) is 14.5 Å². The van der Waals surface area contributed by atoms with E-state index in [1.54, 1.807) is 16.2 Å². The number of likely N-dealkylation sites (tertiary alicyclic amines) is 1. The Kier molecular flexibility index (Phi) is 7.62. The molecule has 5 nitrogen and oxygen atoms in total. The normalized spacial score (nSPS) is 15.3. The van der Waals surface area contributed by atoms with Gasteiger partial charge < -0.3 is 10.2 Å². The van der Waals surface area contributed by atoms with Crippen LogP contribution in [0.4, 0.5) is 0 Å². The molecule has 2 amide bonds. The van der Waals surface area contributed by atoms with E-state index in [-0.39, 0.29) is 17.9 Å². The number of aryl methyl sites for hydroxylation is 1. The molecule has 0 radical (unpaired) electrons. The van der Waals surface area contributed by atoms with E-state index in [9.17, 15) is 9.59 Å². The van der Waals surface area contributed by atoms with Crippen LogP contribution in [0.25, 0.3) is 0 Å². The van der Waals surface area contributed by atoms with Crippen molar-refractivity contribution in [3.05, 3.63) is 58.3 Å². The molecular formula is C22H29N3O2S. The maximum absolute atomic E-state index is 12.4. The van der Waals surface area contributed by atoms with Crippen molar-refractivity contribution in [2.24, 2.45) is 0 Å². The Morgan fingerprint density at radius 3 is 2.57 bits per heavy atom. The summed E-state index contributed by atoms with van der Waals surface area (Å²) in [5.41, 5.74) is 2.37. The van der Waals surface area contributed by atoms with Gasteiger partial charge in [-0.05, 0) is 47.2 Å². The molecule has 2 heterocycles. The van der Waals surface area contributed by atoms with Crippen LogP contribution in [0, 0.1) is 0 Å². The van der Waals surface area contributed by atoms with Crippen molar-refractivity contribution >= 4 is 23.2 Å². The maximum atomic E-state index is 12.4. The summed E-state index contributed by atoms with van der Waals surface area (Å²) in [5.74, 6) is 0.269. The molecule has 6 heteroatoms. The molecule has 1 N–H and O–H groups in total. The fraction of sp³-hybridized carbons (Fsp3) is 0.455. The lowest BCUT2D eigenvalue weighted by Gasteiger charge is -2.32. The van der Waals surface area contributed by atoms with Crippen LogP contribution < -0.4 is 5.32 Å². The van der Waals surface area contributed by atoms with Gasteiger partial charge in [0.1, 0.15) is 0 Å². The number of carbonyl (C=O) groups is 2. The Labute approximate surface area is 171 Å². The minimum atomic E-state index is 0.119. The predicted octanol–water partition coefficient (Wildman–Crippen LogP) is 2.92. The molecule has 0 aliphatic carbocycles. The summed E-state index contributed by atoms with van der Waals surface area (Å²) in [4.78, 5) is 28.6. The lowest BCUT2D eigenvalue weighted by molar-refractivity contribution is -0.132. The molecule has 1 fully saturated rings. The summed E-state index contributed by atoms with van der Waals surface area (Å²) in [7, 11) is 1.86. The smallest absolute Gasteiger partial charge is 0.236 e. The first-order valence-corrected chi connectivity index (χ1v) is 10.8. The standard InChI is InChI=1S/C22H29N3O2S/c1-24(15-19-11-14-28-17-19)22(27)16-25-12-9-20(10-13-25)23-21(26)8-7-18-5-3-2-4-6-18/h2-6,11,14,17,20H,7-10,12-13,15-16H2,1H3,(H,23,26). The number of likely N-dealkylation sites (N-methyl/N-ethyl adjacent to an activating group) is 1. The lowest BCUT2D eigenvalue weighted by Crippen LogP contribution is -2.47. The highest BCUT2D eigenvalue weighted by Crippen LogP contribution is 2.13. The first kappa shape index (κ1) is 20.6. The summed E-state index contributed by atoms with van der Waals surface area (Å²) in [6.45, 7) is 2.81. The van der Waals surface area contributed by atoms with Crippen molar-refractivity contribution in [3.8, 4) is 0 Å². The van der Waals surface area contributed by atoms with Crippen LogP contribution >= 0.6 is 11.3 Å². The van der Waals surface area contributed by atoms with Crippen LogP contribution in [0.3, 0.4) is 0 Å². The number of benzene rings is 1. The van der Waals surface area contributed by atoms with Crippen LogP contribution in [0.5, 0.6) is 0 Å². The molecule has 0 unspecified atom stereocenters. The Morgan fingerprint density at radius 1 is 1.14 bits per heavy atom. The molecule has 1 aromatic heterocycles. The zero-order valence-corrected chi connectivity index (χ0v) is 17.3. The van der Waals surface area contributed by atoms with Crippen molar-refractivity contribution in [2.75, 3.05) is 26.7 Å². The van der Waals surface area contributed by atoms with Crippen LogP contribution in [0.2, 0.25) is 0 Å². The van der Waals surface area contributed by atoms with E-state index < -0.39 is 0 Å². The lowest BCUT2D eigenvalue weighted by atomic mass is 10.0. The van der Waals surface area contributed by atoms with Crippen LogP contribution in [-0.4, -0.2) is 54.3 Å². The molecule has 1 aliphatic heterocycles. The summed E-state index contributed by atoms with van der Waals surface area (Å²) >= 11 is 1.65. The summed E-state index contributed by atoms with van der Waals surface area (Å²) in [6.07, 6.45) is 3.10. The molecule has 2 aromatic rings. The number of piperidine rings is 1. The molecule has 0 spiro atoms. The fourth-order valence-electron chi connectivity index (χ4n) is 3.49. The molecule has 0 bridgehead atoms. The Morgan fingerprint density at radius 2 is 1.89 bits per heavy atom. The minimum Gasteiger partial charge on any atom is -0.353 e. The first-order chi connectivity index (χ1) is 13.6. The SMILES string of the molecule is CN(Cc1ccsc1)C(=O)CN1CCC(NC(=O)CCc2ccccc2)CC1. The van der Waals surface area contributed by atoms with Gasteiger partial charge in [-0.25, -0.2) is 0 Å². The van der Waals surface area contributed by atoms with Gasteiger partial charge in [0, 0.05) is 39.1 Å². The first-order valence-electron chi connectivity index (χ1n) is 9.91. The molecule has 0 saturated carbocycles. The number of rotatable bonds is 8. The highest BCUT2D eigenvalue weighted by atomic mass is 32.1. The largest absolute Gasteiger partial charge is 0.353 e. The Balaban J connectivity index is 1.33. The van der Waals surface area contributed by atoms with Crippen LogP contribution in [-0.2, 0) is 22.6 Å². The highest BCUT2D eigenvalue weighted by Gasteiger charge is 2.23. The quantitative estimate of drug-likeness (QED) is 0.743. The molecule has 0 atom stereocenters. The fourth-order valence-corrected chi connectivity index (χ4v) is 4.15. The number of hydrogen-bond donors (Lipinski definition) is 1. The molecule has 1 aliphatic rings. The van der Waals surface area contributed by atoms with Gasteiger partial charge in [0.2, 0.25) is 11.8 Å². The zero-order chi connectivity index (χ0) is 19.8. The van der Waals surface area contributed by atoms with Crippen LogP contribution in [0.15, 0.2) is 47.2 Å². The number of carbonyl (C=O) groups excluding carboxylic acids is 2. The van der Waals surface area contributed by atoms with Gasteiger partial charge in [0.15, 0.2) is 0 Å². The third-order valence-electron chi connectivity index (χ3n) is 5.22. The molecule has 28 heavy (non-hydrogen) atoms. The van der Waals surface area contributed by atoms with E-state index in [1.165, 1.54) is 11.1 Å². The van der Waals surface area contributed by atoms with Gasteiger partial charge in [-0.15, -0.1) is 0 Å². The van der Waals surface area contributed by atoms with Gasteiger partial charge in [0.25, 0.3) is 0 Å². The topological polar surface area (TPSA) is 52.7 Å². The molecule has 1 aromatic carbocycles. The van der Waals surface area contributed by atoms with E-state index in [1.807, 2.05) is 30.6 Å². The third-order valence-corrected chi connectivity index (χ3v) is 5.95. The van der Waals surface area contributed by atoms with E-state index in [0.717, 1.165) is 32.4 Å². The van der Waals surface area contributed by atoms with E-state index in [2.05, 4.69) is 33.8 Å². The maximum Gasteiger partial charge on any atom is 0.236 e. The average molecular weight is 400 g/mol. The summed E-state index contributed by atoms with van der Waals surface area (Å²) in [5, 5.41) is 7.27. The summed E-state index contributed by atoms with van der Waals surface area (Å²) < 4.78 is 0. The second kappa shape index (κ2) is 10.4. The van der Waals surface area contributed by atoms with E-state index >= 15 is 0 Å². The average Bonchev–Trinajstić information content (AvgIpc) is 3.21. The molecular weight excluding hydrogens is 370 g/mol. The molecule has 3 rings (SSSR count). The second-order valence-corrected chi connectivity index (χ2v) is 8.26. The predicted molar refractivity (Wildman–Crippen MR) is 113 cm³/mol. The Hall–Kier alpha value is -2.18. The van der Waals surface area contributed by atoms with Gasteiger partial charge in [0.05, 0.1) is 6.54 Å². The number of hydrogen-bond acceptors (Lipinski definition) is 4. The van der Waals surface area contributed by atoms with Crippen molar-refractivity contribution in [2.45, 2.75) is 38.3 Å². The number of nitrogens with zero attached hydrogens (tertiary/aromatic N) is 2. The summed E-state index contributed by atoms with van der Waals surface area (Å²) in [6, 6.07) is 12.4. The number of nitrogens with one attached hydrogen (secondary N) is 1. The molecule has 1 saturated heterocycles. The van der Waals surface area contributed by atoms with E-state index in [4.69, 9.17) is 0 Å². The number of amides is 2. The van der Waals surface area contributed by atoms with Crippen molar-refractivity contribution in [1.29, 1.82) is 0 Å². The molecule has 150 valence electrons. The minimum absolute atomic E-state index is 0.119. The highest BCUT2D eigenvalue weighted by molar-refractivity contribution is 7.07. The van der Waals surface area contributed by atoms with Crippen molar-refractivity contribution < 1.29 is 9.59 Å². The van der Waals surface area contributed by atoms with Crippen molar-refractivity contribution in [1.82, 2.24) is 15.1 Å². The van der Waals surface area contributed by atoms with E-state index in [0.29, 0.717) is 19.5 Å². The van der Waals surface area contributed by atoms with Crippen molar-refractivity contribution in [3.63, 3.8) is 0 Å².